The molecule has 0 saturated heterocycles. The summed E-state index contributed by atoms with van der Waals surface area (Å²) in [6.45, 7) is 8.16. The standard InChI is InChI=1S/C21H38N2/c1-6-8-9-19(7-2)18-23(5)17-15-21-12-10-20(11-13-21)14-16-22(3)4/h10-13,19H,6-9,14-18H2,1-5H3. The Balaban J connectivity index is 2.33. The van der Waals surface area contributed by atoms with Crippen LogP contribution in [0.4, 0.5) is 0 Å². The van der Waals surface area contributed by atoms with Crippen LogP contribution in [0.2, 0.25) is 0 Å². The van der Waals surface area contributed by atoms with E-state index in [1.807, 2.05) is 0 Å². The monoisotopic (exact) mass is 318 g/mol. The molecule has 132 valence electrons. The van der Waals surface area contributed by atoms with Crippen molar-refractivity contribution < 1.29 is 0 Å². The predicted octanol–water partition coefficient (Wildman–Crippen LogP) is 4.48. The van der Waals surface area contributed by atoms with Gasteiger partial charge in [-0.1, -0.05) is 57.4 Å². The fourth-order valence-corrected chi connectivity index (χ4v) is 2.99. The quantitative estimate of drug-likeness (QED) is 0.560. The molecule has 0 saturated carbocycles. The van der Waals surface area contributed by atoms with Gasteiger partial charge in [0.1, 0.15) is 0 Å². The van der Waals surface area contributed by atoms with Crippen molar-refractivity contribution >= 4 is 0 Å². The molecule has 0 aliphatic carbocycles. The minimum Gasteiger partial charge on any atom is -0.309 e. The van der Waals surface area contributed by atoms with Crippen LogP contribution in [-0.4, -0.2) is 50.6 Å². The van der Waals surface area contributed by atoms with Gasteiger partial charge in [-0.15, -0.1) is 0 Å². The smallest absolute Gasteiger partial charge is 0.00189 e. The van der Waals surface area contributed by atoms with Crippen molar-refractivity contribution in [3.05, 3.63) is 35.4 Å². The molecule has 0 spiro atoms. The SMILES string of the molecule is CCCCC(CC)CN(C)CCc1ccc(CCN(C)C)cc1. The Bertz CT molecular complexity index is 397. The molecule has 2 nitrogen and oxygen atoms in total. The number of likely N-dealkylation sites (N-methyl/N-ethyl adjacent to an activating group) is 2. The summed E-state index contributed by atoms with van der Waals surface area (Å²) >= 11 is 0. The van der Waals surface area contributed by atoms with Crippen molar-refractivity contribution in [1.29, 1.82) is 0 Å². The zero-order valence-electron chi connectivity index (χ0n) is 16.1. The van der Waals surface area contributed by atoms with Gasteiger partial charge in [0, 0.05) is 19.6 Å². The number of hydrogen-bond acceptors (Lipinski definition) is 2. The molecule has 0 heterocycles. The molecule has 0 fully saturated rings. The summed E-state index contributed by atoms with van der Waals surface area (Å²) in [5.41, 5.74) is 2.91. The molecule has 0 aliphatic heterocycles. The first-order chi connectivity index (χ1) is 11.0. The lowest BCUT2D eigenvalue weighted by Crippen LogP contribution is -2.27. The number of nitrogens with zero attached hydrogens (tertiary/aromatic N) is 2. The second-order valence-corrected chi connectivity index (χ2v) is 7.30. The topological polar surface area (TPSA) is 6.48 Å². The van der Waals surface area contributed by atoms with Gasteiger partial charge >= 0.3 is 0 Å². The Morgan fingerprint density at radius 3 is 1.91 bits per heavy atom. The van der Waals surface area contributed by atoms with Gasteiger partial charge in [0.05, 0.1) is 0 Å². The molecular formula is C21H38N2. The van der Waals surface area contributed by atoms with Crippen LogP contribution in [0.3, 0.4) is 0 Å². The highest BCUT2D eigenvalue weighted by Crippen LogP contribution is 2.14. The molecule has 1 aromatic carbocycles. The van der Waals surface area contributed by atoms with Gasteiger partial charge in [0.25, 0.3) is 0 Å². The predicted molar refractivity (Wildman–Crippen MR) is 103 cm³/mol. The molecule has 0 N–H and O–H groups in total. The van der Waals surface area contributed by atoms with Crippen LogP contribution >= 0.6 is 0 Å². The van der Waals surface area contributed by atoms with Crippen molar-refractivity contribution in [2.24, 2.45) is 5.92 Å². The van der Waals surface area contributed by atoms with E-state index in [1.54, 1.807) is 0 Å². The molecule has 0 radical (unpaired) electrons. The minimum absolute atomic E-state index is 0.869. The molecule has 1 rings (SSSR count). The lowest BCUT2D eigenvalue weighted by molar-refractivity contribution is 0.262. The van der Waals surface area contributed by atoms with Crippen molar-refractivity contribution in [2.45, 2.75) is 52.4 Å². The second kappa shape index (κ2) is 11.6. The first kappa shape index (κ1) is 20.2. The maximum absolute atomic E-state index is 2.52. The fourth-order valence-electron chi connectivity index (χ4n) is 2.99. The summed E-state index contributed by atoms with van der Waals surface area (Å²) in [5.74, 6) is 0.869. The summed E-state index contributed by atoms with van der Waals surface area (Å²) in [4.78, 5) is 4.76. The van der Waals surface area contributed by atoms with Crippen LogP contribution in [0, 0.1) is 5.92 Å². The van der Waals surface area contributed by atoms with Crippen LogP contribution in [-0.2, 0) is 12.8 Å². The van der Waals surface area contributed by atoms with Crippen molar-refractivity contribution in [2.75, 3.05) is 40.8 Å². The third kappa shape index (κ3) is 9.12. The fraction of sp³-hybridized carbons (Fsp3) is 0.714. The normalized spacial score (nSPS) is 13.0. The van der Waals surface area contributed by atoms with Crippen LogP contribution in [0.5, 0.6) is 0 Å². The van der Waals surface area contributed by atoms with E-state index in [4.69, 9.17) is 0 Å². The Labute approximate surface area is 144 Å². The minimum atomic E-state index is 0.869. The van der Waals surface area contributed by atoms with Crippen molar-refractivity contribution in [3.8, 4) is 0 Å². The largest absolute Gasteiger partial charge is 0.309 e. The Morgan fingerprint density at radius 2 is 1.43 bits per heavy atom. The molecule has 1 aromatic rings. The van der Waals surface area contributed by atoms with Gasteiger partial charge in [-0.05, 0) is 57.5 Å². The highest BCUT2D eigenvalue weighted by molar-refractivity contribution is 5.23. The number of rotatable bonds is 12. The maximum atomic E-state index is 2.52. The maximum Gasteiger partial charge on any atom is 0.00189 e. The lowest BCUT2D eigenvalue weighted by Gasteiger charge is -2.23. The zero-order valence-corrected chi connectivity index (χ0v) is 16.1. The summed E-state index contributed by atoms with van der Waals surface area (Å²) in [6, 6.07) is 9.23. The number of benzene rings is 1. The van der Waals surface area contributed by atoms with Gasteiger partial charge in [-0.3, -0.25) is 0 Å². The zero-order chi connectivity index (χ0) is 17.1. The molecular weight excluding hydrogens is 280 g/mol. The summed E-state index contributed by atoms with van der Waals surface area (Å²) in [7, 11) is 6.54. The van der Waals surface area contributed by atoms with E-state index in [1.165, 1.54) is 49.9 Å². The third-order valence-electron chi connectivity index (χ3n) is 4.77. The van der Waals surface area contributed by atoms with Gasteiger partial charge < -0.3 is 9.80 Å². The lowest BCUT2D eigenvalue weighted by atomic mass is 9.98. The van der Waals surface area contributed by atoms with Gasteiger partial charge in [0.2, 0.25) is 0 Å². The van der Waals surface area contributed by atoms with Crippen LogP contribution < -0.4 is 0 Å². The highest BCUT2D eigenvalue weighted by Gasteiger charge is 2.09. The van der Waals surface area contributed by atoms with Crippen molar-refractivity contribution in [1.82, 2.24) is 9.80 Å². The molecule has 0 aliphatic rings. The second-order valence-electron chi connectivity index (χ2n) is 7.30. The first-order valence-corrected chi connectivity index (χ1v) is 9.46. The van der Waals surface area contributed by atoms with Gasteiger partial charge in [0.15, 0.2) is 0 Å². The van der Waals surface area contributed by atoms with E-state index in [0.717, 1.165) is 25.3 Å². The summed E-state index contributed by atoms with van der Waals surface area (Å²) in [5, 5.41) is 0. The first-order valence-electron chi connectivity index (χ1n) is 9.46. The molecule has 2 heteroatoms. The molecule has 1 atom stereocenters. The van der Waals surface area contributed by atoms with E-state index in [0.29, 0.717) is 0 Å². The third-order valence-corrected chi connectivity index (χ3v) is 4.77. The van der Waals surface area contributed by atoms with E-state index in [2.05, 4.69) is 69.1 Å². The van der Waals surface area contributed by atoms with Gasteiger partial charge in [-0.2, -0.15) is 0 Å². The molecule has 1 unspecified atom stereocenters. The van der Waals surface area contributed by atoms with Gasteiger partial charge in [-0.25, -0.2) is 0 Å². The molecule has 0 amide bonds. The Kier molecular flexibility index (Phi) is 10.2. The van der Waals surface area contributed by atoms with E-state index in [-0.39, 0.29) is 0 Å². The summed E-state index contributed by atoms with van der Waals surface area (Å²) in [6.07, 6.45) is 7.70. The Morgan fingerprint density at radius 1 is 0.870 bits per heavy atom. The van der Waals surface area contributed by atoms with Crippen molar-refractivity contribution in [3.63, 3.8) is 0 Å². The summed E-state index contributed by atoms with van der Waals surface area (Å²) < 4.78 is 0. The number of hydrogen-bond donors (Lipinski definition) is 0. The molecule has 0 bridgehead atoms. The van der Waals surface area contributed by atoms with Crippen LogP contribution in [0.1, 0.15) is 50.7 Å². The molecule has 23 heavy (non-hydrogen) atoms. The van der Waals surface area contributed by atoms with E-state index < -0.39 is 0 Å². The van der Waals surface area contributed by atoms with Crippen LogP contribution in [0.25, 0.3) is 0 Å². The van der Waals surface area contributed by atoms with Crippen LogP contribution in [0.15, 0.2) is 24.3 Å². The van der Waals surface area contributed by atoms with E-state index >= 15 is 0 Å². The average Bonchev–Trinajstić information content (AvgIpc) is 2.55. The Hall–Kier alpha value is -0.860. The average molecular weight is 319 g/mol. The number of unbranched alkanes of at least 4 members (excludes halogenated alkanes) is 1. The highest BCUT2D eigenvalue weighted by atomic mass is 15.1. The molecule has 0 aromatic heterocycles. The van der Waals surface area contributed by atoms with E-state index in [9.17, 15) is 0 Å².